The standard InChI is InChI=1S/C17H22N4O2/c1-16(2)13(10-17(16,3)23-4)20-15(22)12-5-6-19-14(9-12)21-8-7-18-11-21/h5-9,11,13H,10H2,1-4H3,(H,20,22). The highest BCUT2D eigenvalue weighted by Gasteiger charge is 2.58. The molecule has 122 valence electrons. The van der Waals surface area contributed by atoms with Crippen LogP contribution in [-0.4, -0.2) is 39.2 Å². The monoisotopic (exact) mass is 314 g/mol. The zero-order valence-corrected chi connectivity index (χ0v) is 13.9. The summed E-state index contributed by atoms with van der Waals surface area (Å²) in [7, 11) is 1.72. The second kappa shape index (κ2) is 5.45. The molecule has 0 spiro atoms. The third kappa shape index (κ3) is 2.53. The fourth-order valence-electron chi connectivity index (χ4n) is 3.06. The van der Waals surface area contributed by atoms with E-state index in [1.807, 2.05) is 0 Å². The van der Waals surface area contributed by atoms with Gasteiger partial charge in [-0.1, -0.05) is 13.8 Å². The lowest BCUT2D eigenvalue weighted by atomic mass is 9.56. The number of nitrogens with one attached hydrogen (secondary N) is 1. The van der Waals surface area contributed by atoms with Crippen LogP contribution in [0.2, 0.25) is 0 Å². The lowest BCUT2D eigenvalue weighted by Gasteiger charge is -2.59. The van der Waals surface area contributed by atoms with Crippen molar-refractivity contribution in [2.24, 2.45) is 5.41 Å². The smallest absolute Gasteiger partial charge is 0.251 e. The number of hydrogen-bond acceptors (Lipinski definition) is 4. The number of hydrogen-bond donors (Lipinski definition) is 1. The Bertz CT molecular complexity index is 711. The molecule has 6 heteroatoms. The van der Waals surface area contributed by atoms with E-state index in [-0.39, 0.29) is 23.0 Å². The number of carbonyl (C=O) groups excluding carboxylic acids is 1. The van der Waals surface area contributed by atoms with E-state index < -0.39 is 0 Å². The molecule has 0 bridgehead atoms. The third-order valence-corrected chi connectivity index (χ3v) is 5.36. The van der Waals surface area contributed by atoms with E-state index in [4.69, 9.17) is 4.74 Å². The lowest BCUT2D eigenvalue weighted by Crippen LogP contribution is -2.68. The molecule has 1 aliphatic rings. The van der Waals surface area contributed by atoms with Gasteiger partial charge in [-0.25, -0.2) is 9.97 Å². The molecule has 23 heavy (non-hydrogen) atoms. The van der Waals surface area contributed by atoms with Gasteiger partial charge in [0.15, 0.2) is 0 Å². The summed E-state index contributed by atoms with van der Waals surface area (Å²) in [5, 5.41) is 3.11. The first kappa shape index (κ1) is 15.7. The number of rotatable bonds is 4. The summed E-state index contributed by atoms with van der Waals surface area (Å²) in [5.74, 6) is 0.578. The van der Waals surface area contributed by atoms with E-state index in [0.29, 0.717) is 11.4 Å². The number of amides is 1. The first-order valence-electron chi connectivity index (χ1n) is 7.68. The maximum Gasteiger partial charge on any atom is 0.251 e. The Hall–Kier alpha value is -2.21. The van der Waals surface area contributed by atoms with E-state index >= 15 is 0 Å². The van der Waals surface area contributed by atoms with E-state index in [1.54, 1.807) is 48.7 Å². The van der Waals surface area contributed by atoms with Crippen molar-refractivity contribution in [2.45, 2.75) is 38.8 Å². The predicted molar refractivity (Wildman–Crippen MR) is 86.4 cm³/mol. The second-order valence-electron chi connectivity index (χ2n) is 6.76. The second-order valence-corrected chi connectivity index (χ2v) is 6.76. The summed E-state index contributed by atoms with van der Waals surface area (Å²) >= 11 is 0. The van der Waals surface area contributed by atoms with Crippen molar-refractivity contribution in [3.8, 4) is 5.82 Å². The van der Waals surface area contributed by atoms with E-state index in [9.17, 15) is 4.79 Å². The summed E-state index contributed by atoms with van der Waals surface area (Å²) < 4.78 is 7.37. The van der Waals surface area contributed by atoms with Crippen molar-refractivity contribution in [3.63, 3.8) is 0 Å². The fraction of sp³-hybridized carbons (Fsp3) is 0.471. The molecule has 3 rings (SSSR count). The van der Waals surface area contributed by atoms with Crippen LogP contribution in [-0.2, 0) is 4.74 Å². The van der Waals surface area contributed by atoms with Crippen LogP contribution in [0.4, 0.5) is 0 Å². The van der Waals surface area contributed by atoms with E-state index in [0.717, 1.165) is 6.42 Å². The van der Waals surface area contributed by atoms with Crippen molar-refractivity contribution in [1.29, 1.82) is 0 Å². The predicted octanol–water partition coefficient (Wildman–Crippen LogP) is 2.20. The molecular weight excluding hydrogens is 292 g/mol. The van der Waals surface area contributed by atoms with Crippen LogP contribution in [0.25, 0.3) is 5.82 Å². The van der Waals surface area contributed by atoms with Gasteiger partial charge < -0.3 is 10.1 Å². The van der Waals surface area contributed by atoms with Crippen molar-refractivity contribution in [1.82, 2.24) is 19.9 Å². The molecule has 2 unspecified atom stereocenters. The Morgan fingerprint density at radius 2 is 2.17 bits per heavy atom. The average molecular weight is 314 g/mol. The largest absolute Gasteiger partial charge is 0.378 e. The molecular formula is C17H22N4O2. The van der Waals surface area contributed by atoms with Crippen molar-refractivity contribution in [3.05, 3.63) is 42.6 Å². The maximum absolute atomic E-state index is 12.6. The minimum atomic E-state index is -0.203. The highest BCUT2D eigenvalue weighted by Crippen LogP contribution is 2.51. The normalized spacial score (nSPS) is 25.7. The van der Waals surface area contributed by atoms with Crippen LogP contribution in [0.15, 0.2) is 37.1 Å². The maximum atomic E-state index is 12.6. The number of ether oxygens (including phenoxy) is 1. The molecule has 1 fully saturated rings. The van der Waals surface area contributed by atoms with Crippen LogP contribution in [0.3, 0.4) is 0 Å². The molecule has 2 atom stereocenters. The van der Waals surface area contributed by atoms with Gasteiger partial charge in [-0.05, 0) is 25.5 Å². The molecule has 1 aliphatic carbocycles. The van der Waals surface area contributed by atoms with Gasteiger partial charge >= 0.3 is 0 Å². The summed E-state index contributed by atoms with van der Waals surface area (Å²) in [4.78, 5) is 20.8. The molecule has 2 aromatic heterocycles. The minimum Gasteiger partial charge on any atom is -0.378 e. The van der Waals surface area contributed by atoms with E-state index in [2.05, 4.69) is 36.1 Å². The van der Waals surface area contributed by atoms with Crippen LogP contribution >= 0.6 is 0 Å². The van der Waals surface area contributed by atoms with Gasteiger partial charge in [-0.15, -0.1) is 0 Å². The Balaban J connectivity index is 1.74. The first-order valence-corrected chi connectivity index (χ1v) is 7.68. The molecule has 1 saturated carbocycles. The van der Waals surface area contributed by atoms with Crippen LogP contribution < -0.4 is 5.32 Å². The Labute approximate surface area is 135 Å². The summed E-state index contributed by atoms with van der Waals surface area (Å²) in [6.45, 7) is 6.32. The minimum absolute atomic E-state index is 0.0878. The zero-order chi connectivity index (χ0) is 16.7. The Morgan fingerprint density at radius 1 is 1.39 bits per heavy atom. The van der Waals surface area contributed by atoms with Gasteiger partial charge in [0.05, 0.1) is 5.60 Å². The number of pyridine rings is 1. The summed E-state index contributed by atoms with van der Waals surface area (Å²) in [6, 6.07) is 3.57. The number of methoxy groups -OCH3 is 1. The molecule has 0 aromatic carbocycles. The molecule has 0 radical (unpaired) electrons. The fourth-order valence-corrected chi connectivity index (χ4v) is 3.06. The van der Waals surface area contributed by atoms with Gasteiger partial charge in [-0.2, -0.15) is 0 Å². The van der Waals surface area contributed by atoms with Crippen molar-refractivity contribution in [2.75, 3.05) is 7.11 Å². The Morgan fingerprint density at radius 3 is 2.78 bits per heavy atom. The zero-order valence-electron chi connectivity index (χ0n) is 13.9. The Kier molecular flexibility index (Phi) is 3.72. The molecule has 2 heterocycles. The molecule has 6 nitrogen and oxygen atoms in total. The molecule has 1 N–H and O–H groups in total. The SMILES string of the molecule is COC1(C)CC(NC(=O)c2ccnc(-n3ccnc3)c2)C1(C)C. The van der Waals surface area contributed by atoms with Crippen LogP contribution in [0, 0.1) is 5.41 Å². The van der Waals surface area contributed by atoms with Gasteiger partial charge in [0.2, 0.25) is 0 Å². The average Bonchev–Trinajstić information content (AvgIpc) is 3.08. The molecule has 0 aliphatic heterocycles. The highest BCUT2D eigenvalue weighted by molar-refractivity contribution is 5.94. The molecule has 2 aromatic rings. The number of carbonyl (C=O) groups is 1. The van der Waals surface area contributed by atoms with E-state index in [1.165, 1.54) is 0 Å². The summed E-state index contributed by atoms with van der Waals surface area (Å²) in [6.07, 6.45) is 7.57. The number of aromatic nitrogens is 3. The quantitative estimate of drug-likeness (QED) is 0.939. The third-order valence-electron chi connectivity index (χ3n) is 5.36. The van der Waals surface area contributed by atoms with Crippen molar-refractivity contribution >= 4 is 5.91 Å². The molecule has 1 amide bonds. The van der Waals surface area contributed by atoms with Gasteiger partial charge in [0.1, 0.15) is 12.1 Å². The van der Waals surface area contributed by atoms with Crippen LogP contribution in [0.5, 0.6) is 0 Å². The number of nitrogens with zero attached hydrogens (tertiary/aromatic N) is 3. The highest BCUT2D eigenvalue weighted by atomic mass is 16.5. The lowest BCUT2D eigenvalue weighted by molar-refractivity contribution is -0.177. The van der Waals surface area contributed by atoms with Gasteiger partial charge in [-0.3, -0.25) is 9.36 Å². The molecule has 0 saturated heterocycles. The van der Waals surface area contributed by atoms with Gasteiger partial charge in [0.25, 0.3) is 5.91 Å². The number of imidazole rings is 1. The first-order chi connectivity index (χ1) is 10.9. The topological polar surface area (TPSA) is 69.0 Å². The summed E-state index contributed by atoms with van der Waals surface area (Å²) in [5.41, 5.74) is 0.272. The van der Waals surface area contributed by atoms with Gasteiger partial charge in [0, 0.05) is 42.7 Å². The van der Waals surface area contributed by atoms with Crippen LogP contribution in [0.1, 0.15) is 37.6 Å². The van der Waals surface area contributed by atoms with Crippen molar-refractivity contribution < 1.29 is 9.53 Å².